The van der Waals surface area contributed by atoms with Crippen molar-refractivity contribution in [2.75, 3.05) is 26.4 Å². The Morgan fingerprint density at radius 3 is 2.74 bits per heavy atom. The summed E-state index contributed by atoms with van der Waals surface area (Å²) >= 11 is 0. The summed E-state index contributed by atoms with van der Waals surface area (Å²) in [6.45, 7) is 1.44. The van der Waals surface area contributed by atoms with Crippen molar-refractivity contribution < 1.29 is 23.8 Å². The van der Waals surface area contributed by atoms with Gasteiger partial charge in [-0.1, -0.05) is 18.2 Å². The second kappa shape index (κ2) is 8.83. The molecule has 2 amide bonds. The van der Waals surface area contributed by atoms with Crippen LogP contribution in [0.2, 0.25) is 0 Å². The van der Waals surface area contributed by atoms with Crippen LogP contribution in [0.1, 0.15) is 50.0 Å². The van der Waals surface area contributed by atoms with E-state index < -0.39 is 0 Å². The number of rotatable bonds is 1. The lowest BCUT2D eigenvalue weighted by molar-refractivity contribution is -0.130. The van der Waals surface area contributed by atoms with Crippen molar-refractivity contribution in [1.29, 1.82) is 0 Å². The Bertz CT molecular complexity index is 910. The first-order valence-electron chi connectivity index (χ1n) is 11.3. The lowest BCUT2D eigenvalue weighted by Gasteiger charge is -2.29. The zero-order chi connectivity index (χ0) is 21.2. The van der Waals surface area contributed by atoms with Crippen LogP contribution in [0.3, 0.4) is 0 Å². The van der Waals surface area contributed by atoms with Crippen molar-refractivity contribution in [2.45, 2.75) is 50.5 Å². The van der Waals surface area contributed by atoms with Crippen LogP contribution in [0.15, 0.2) is 41.2 Å². The minimum absolute atomic E-state index is 0.0534. The number of benzene rings is 1. The lowest BCUT2D eigenvalue weighted by atomic mass is 9.82. The number of para-hydroxylation sites is 1. The van der Waals surface area contributed by atoms with E-state index in [4.69, 9.17) is 14.2 Å². The molecule has 0 aromatic heterocycles. The van der Waals surface area contributed by atoms with Crippen LogP contribution in [0, 0.1) is 5.92 Å². The molecule has 2 bridgehead atoms. The number of ether oxygens (including phenoxy) is 3. The third-order valence-electron chi connectivity index (χ3n) is 6.74. The molecule has 3 fully saturated rings. The second-order valence-corrected chi connectivity index (χ2v) is 8.69. The molecule has 1 saturated carbocycles. The maximum absolute atomic E-state index is 13.0. The fourth-order valence-corrected chi connectivity index (χ4v) is 4.92. The first-order chi connectivity index (χ1) is 15.2. The lowest BCUT2D eigenvalue weighted by Crippen LogP contribution is -2.32. The number of fused-ring (bicyclic) bond motifs is 5. The maximum atomic E-state index is 13.0. The average molecular weight is 424 g/mol. The normalized spacial score (nSPS) is 31.4. The van der Waals surface area contributed by atoms with Gasteiger partial charge in [-0.15, -0.1) is 0 Å². The average Bonchev–Trinajstić information content (AvgIpc) is 3.47. The predicted molar refractivity (Wildman–Crippen MR) is 114 cm³/mol. The largest absolute Gasteiger partial charge is 0.496 e. The first kappa shape index (κ1) is 20.2. The van der Waals surface area contributed by atoms with E-state index in [-0.39, 0.29) is 30.4 Å². The van der Waals surface area contributed by atoms with Gasteiger partial charge in [-0.3, -0.25) is 9.59 Å². The topological polar surface area (TPSA) is 77.4 Å². The maximum Gasteiger partial charge on any atom is 0.265 e. The summed E-state index contributed by atoms with van der Waals surface area (Å²) in [7, 11) is 0. The molecule has 31 heavy (non-hydrogen) atoms. The van der Waals surface area contributed by atoms with E-state index in [9.17, 15) is 9.59 Å². The molecule has 7 heteroatoms. The number of amides is 2. The van der Waals surface area contributed by atoms with Crippen LogP contribution in [-0.2, 0) is 19.1 Å². The smallest absolute Gasteiger partial charge is 0.265 e. The number of hydrogen-bond donors (Lipinski definition) is 0. The Labute approximate surface area is 182 Å². The van der Waals surface area contributed by atoms with E-state index in [1.165, 1.54) is 5.56 Å². The van der Waals surface area contributed by atoms with Gasteiger partial charge in [0.15, 0.2) is 6.61 Å². The summed E-state index contributed by atoms with van der Waals surface area (Å²) in [5.41, 5.74) is 2.39. The van der Waals surface area contributed by atoms with E-state index >= 15 is 0 Å². The van der Waals surface area contributed by atoms with Gasteiger partial charge in [0.05, 0.1) is 24.3 Å². The van der Waals surface area contributed by atoms with Crippen molar-refractivity contribution in [3.8, 4) is 5.75 Å². The molecule has 5 aliphatic rings. The summed E-state index contributed by atoms with van der Waals surface area (Å²) in [5, 5.41) is 0. The predicted octanol–water partition coefficient (Wildman–Crippen LogP) is 3.20. The van der Waals surface area contributed by atoms with Gasteiger partial charge in [0.1, 0.15) is 17.7 Å². The highest BCUT2D eigenvalue weighted by atomic mass is 16.5. The van der Waals surface area contributed by atoms with Gasteiger partial charge in [0.25, 0.3) is 11.8 Å². The fraction of sp³-hybridized carbons (Fsp3) is 0.542. The summed E-state index contributed by atoms with van der Waals surface area (Å²) in [6.07, 6.45) is 6.92. The third kappa shape index (κ3) is 4.24. The Balaban J connectivity index is 1.42. The number of allylic oxidation sites excluding steroid dienone is 1. The van der Waals surface area contributed by atoms with E-state index in [1.54, 1.807) is 11.2 Å². The Morgan fingerprint density at radius 1 is 1.10 bits per heavy atom. The van der Waals surface area contributed by atoms with Crippen LogP contribution >= 0.6 is 0 Å². The highest BCUT2D eigenvalue weighted by Gasteiger charge is 2.33. The fourth-order valence-electron chi connectivity index (χ4n) is 4.92. The monoisotopic (exact) mass is 424 g/mol. The standard InChI is InChI=1S/C24H28N2O5/c27-23-15-31-22-4-2-1-3-19(22)16-5-7-18(8-6-16)30-14-21-20(9-11-26(21)23)25-24(28)17-10-12-29-13-17/h1-4,14,16-18H,5-13,15H2/b21-14-,25-20?. The number of carbonyl (C=O) groups excluding carboxylic acids is 2. The quantitative estimate of drug-likeness (QED) is 0.692. The minimum Gasteiger partial charge on any atom is -0.496 e. The molecule has 4 heterocycles. The molecule has 164 valence electrons. The summed E-state index contributed by atoms with van der Waals surface area (Å²) in [4.78, 5) is 31.6. The molecule has 0 radical (unpaired) electrons. The number of carbonyl (C=O) groups is 2. The molecule has 1 atom stereocenters. The van der Waals surface area contributed by atoms with Gasteiger partial charge in [0.2, 0.25) is 0 Å². The zero-order valence-corrected chi connectivity index (χ0v) is 17.6. The summed E-state index contributed by atoms with van der Waals surface area (Å²) in [6, 6.07) is 8.02. The van der Waals surface area contributed by atoms with Crippen LogP contribution in [0.4, 0.5) is 0 Å². The molecular weight excluding hydrogens is 396 g/mol. The van der Waals surface area contributed by atoms with Gasteiger partial charge in [0, 0.05) is 19.6 Å². The molecule has 1 unspecified atom stereocenters. The van der Waals surface area contributed by atoms with Gasteiger partial charge < -0.3 is 19.1 Å². The van der Waals surface area contributed by atoms with E-state index in [0.29, 0.717) is 49.9 Å². The van der Waals surface area contributed by atoms with Gasteiger partial charge in [-0.05, 0) is 49.7 Å². The van der Waals surface area contributed by atoms with E-state index in [1.807, 2.05) is 18.2 Å². The molecule has 7 nitrogen and oxygen atoms in total. The zero-order valence-electron chi connectivity index (χ0n) is 17.6. The van der Waals surface area contributed by atoms with Crippen molar-refractivity contribution in [3.05, 3.63) is 41.8 Å². The minimum atomic E-state index is -0.191. The molecular formula is C24H28N2O5. The van der Waals surface area contributed by atoms with Crippen molar-refractivity contribution in [3.63, 3.8) is 0 Å². The molecule has 1 aromatic carbocycles. The SMILES string of the molecule is O=C(N=C1CCN2C(=O)COc3ccccc3C3CCC(CC3)O/C=C/12)C1CCOC1. The van der Waals surface area contributed by atoms with E-state index in [0.717, 1.165) is 31.4 Å². The Hall–Kier alpha value is -2.67. The van der Waals surface area contributed by atoms with Gasteiger partial charge >= 0.3 is 0 Å². The number of hydrogen-bond acceptors (Lipinski definition) is 5. The summed E-state index contributed by atoms with van der Waals surface area (Å²) < 4.78 is 17.4. The molecule has 4 aliphatic heterocycles. The molecule has 1 aliphatic carbocycles. The molecule has 2 saturated heterocycles. The Kier molecular flexibility index (Phi) is 5.76. The van der Waals surface area contributed by atoms with Crippen molar-refractivity contribution in [2.24, 2.45) is 10.9 Å². The molecule has 0 spiro atoms. The van der Waals surface area contributed by atoms with Crippen LogP contribution in [-0.4, -0.2) is 54.9 Å². The molecule has 6 rings (SSSR count). The number of nitrogens with zero attached hydrogens (tertiary/aromatic N) is 2. The highest BCUT2D eigenvalue weighted by Crippen LogP contribution is 2.39. The van der Waals surface area contributed by atoms with Crippen LogP contribution in [0.5, 0.6) is 5.75 Å². The van der Waals surface area contributed by atoms with E-state index in [2.05, 4.69) is 11.1 Å². The third-order valence-corrected chi connectivity index (χ3v) is 6.74. The molecule has 1 aromatic rings. The summed E-state index contributed by atoms with van der Waals surface area (Å²) in [5.74, 6) is 0.690. The number of aliphatic imine (C=N–C) groups is 1. The van der Waals surface area contributed by atoms with Gasteiger partial charge in [-0.2, -0.15) is 0 Å². The highest BCUT2D eigenvalue weighted by molar-refractivity contribution is 6.10. The van der Waals surface area contributed by atoms with Crippen molar-refractivity contribution >= 4 is 17.5 Å². The molecule has 0 N–H and O–H groups in total. The Morgan fingerprint density at radius 2 is 1.94 bits per heavy atom. The van der Waals surface area contributed by atoms with Crippen LogP contribution < -0.4 is 4.74 Å². The van der Waals surface area contributed by atoms with Crippen LogP contribution in [0.25, 0.3) is 0 Å². The first-order valence-corrected chi connectivity index (χ1v) is 11.3. The second-order valence-electron chi connectivity index (χ2n) is 8.69. The van der Waals surface area contributed by atoms with Gasteiger partial charge in [-0.25, -0.2) is 4.99 Å². The van der Waals surface area contributed by atoms with Crippen molar-refractivity contribution in [1.82, 2.24) is 4.90 Å².